The van der Waals surface area contributed by atoms with Crippen LogP contribution in [0, 0.1) is 23.3 Å². The van der Waals surface area contributed by atoms with Crippen molar-refractivity contribution in [2.24, 2.45) is 5.73 Å². The van der Waals surface area contributed by atoms with E-state index in [0.29, 0.717) is 17.9 Å². The Morgan fingerprint density at radius 2 is 0.931 bits per heavy atom. The zero-order chi connectivity index (χ0) is 51.9. The Morgan fingerprint density at radius 1 is 0.500 bits per heavy atom. The fourth-order valence-corrected chi connectivity index (χ4v) is 7.69. The second kappa shape index (κ2) is 32.6. The Bertz CT molecular complexity index is 2740. The van der Waals surface area contributed by atoms with Gasteiger partial charge in [-0.25, -0.2) is 17.6 Å². The zero-order valence-corrected chi connectivity index (χ0v) is 42.1. The number of carbonyl (C=O) groups is 1. The van der Waals surface area contributed by atoms with Crippen LogP contribution in [0.1, 0.15) is 121 Å². The third-order valence-corrected chi connectivity index (χ3v) is 11.7. The van der Waals surface area contributed by atoms with Crippen LogP contribution in [0.25, 0.3) is 6.08 Å². The minimum atomic E-state index is -0.375. The molecule has 0 fully saturated rings. The lowest BCUT2D eigenvalue weighted by Crippen LogP contribution is -2.31. The van der Waals surface area contributed by atoms with E-state index in [1.807, 2.05) is 68.5 Å². The van der Waals surface area contributed by atoms with E-state index in [2.05, 4.69) is 128 Å². The van der Waals surface area contributed by atoms with Gasteiger partial charge >= 0.3 is 0 Å². The lowest BCUT2D eigenvalue weighted by Gasteiger charge is -2.37. The SMILES string of the molecule is C/C=C/c1cccc(F)c1.CC(NCc1ccccc1)c1ccccc1.CC[C@@H](c1cccc(F)c1)N(Cc1ccccc1)C(C)c1ccccc1.CC[C@H](N)c1cccc(F)c1.O=Cc1cccc(F)c1. The fourth-order valence-electron chi connectivity index (χ4n) is 7.69. The van der Waals surface area contributed by atoms with Gasteiger partial charge < -0.3 is 11.1 Å². The second-order valence-electron chi connectivity index (χ2n) is 17.0. The Hall–Kier alpha value is -7.23. The van der Waals surface area contributed by atoms with E-state index >= 15 is 0 Å². The first kappa shape index (κ1) is 57.3. The van der Waals surface area contributed by atoms with Crippen molar-refractivity contribution >= 4 is 12.4 Å². The van der Waals surface area contributed by atoms with Gasteiger partial charge in [0.1, 0.15) is 29.6 Å². The summed E-state index contributed by atoms with van der Waals surface area (Å²) in [5.41, 5.74) is 14.1. The van der Waals surface area contributed by atoms with E-state index < -0.39 is 0 Å². The molecule has 4 nitrogen and oxygen atoms in total. The summed E-state index contributed by atoms with van der Waals surface area (Å²) in [5.74, 6) is -0.949. The van der Waals surface area contributed by atoms with E-state index in [0.717, 1.165) is 42.6 Å². The Balaban J connectivity index is 0.000000210. The Kier molecular flexibility index (Phi) is 26.0. The van der Waals surface area contributed by atoms with Crippen molar-refractivity contribution in [3.63, 3.8) is 0 Å². The van der Waals surface area contributed by atoms with Gasteiger partial charge in [0.15, 0.2) is 0 Å². The van der Waals surface area contributed by atoms with Crippen LogP contribution in [0.15, 0.2) is 224 Å². The van der Waals surface area contributed by atoms with Gasteiger partial charge in [-0.3, -0.25) is 9.69 Å². The number of hydrogen-bond donors (Lipinski definition) is 2. The van der Waals surface area contributed by atoms with E-state index in [-0.39, 0.29) is 41.4 Å². The van der Waals surface area contributed by atoms with E-state index in [1.165, 1.54) is 70.8 Å². The summed E-state index contributed by atoms with van der Waals surface area (Å²) in [7, 11) is 0. The van der Waals surface area contributed by atoms with E-state index in [9.17, 15) is 22.4 Å². The number of halogens is 4. The summed E-state index contributed by atoms with van der Waals surface area (Å²) in [6.45, 7) is 12.2. The molecule has 3 N–H and O–H groups in total. The lowest BCUT2D eigenvalue weighted by atomic mass is 9.97. The van der Waals surface area contributed by atoms with Crippen LogP contribution in [0.3, 0.4) is 0 Å². The van der Waals surface area contributed by atoms with Crippen LogP contribution in [-0.2, 0) is 13.1 Å². The third-order valence-electron chi connectivity index (χ3n) is 11.7. The number of nitrogens with two attached hydrogens (primary N) is 1. The predicted molar refractivity (Wildman–Crippen MR) is 291 cm³/mol. The molecule has 0 saturated heterocycles. The molecule has 374 valence electrons. The van der Waals surface area contributed by atoms with Crippen LogP contribution in [0.4, 0.5) is 17.6 Å². The van der Waals surface area contributed by atoms with Gasteiger partial charge in [-0.15, -0.1) is 0 Å². The van der Waals surface area contributed by atoms with Crippen molar-refractivity contribution in [1.82, 2.24) is 10.2 Å². The van der Waals surface area contributed by atoms with Gasteiger partial charge in [-0.05, 0) is 121 Å². The molecule has 0 radical (unpaired) electrons. The first-order valence-electron chi connectivity index (χ1n) is 24.5. The summed E-state index contributed by atoms with van der Waals surface area (Å²) < 4.78 is 51.1. The minimum Gasteiger partial charge on any atom is -0.324 e. The van der Waals surface area contributed by atoms with E-state index in [1.54, 1.807) is 30.3 Å². The van der Waals surface area contributed by atoms with Gasteiger partial charge in [0.2, 0.25) is 0 Å². The van der Waals surface area contributed by atoms with Gasteiger partial charge in [0, 0.05) is 42.8 Å². The number of hydrogen-bond acceptors (Lipinski definition) is 4. The highest BCUT2D eigenvalue weighted by Crippen LogP contribution is 2.34. The topological polar surface area (TPSA) is 58.4 Å². The summed E-state index contributed by atoms with van der Waals surface area (Å²) >= 11 is 0. The fraction of sp³-hybridized carbons (Fsp3) is 0.203. The zero-order valence-electron chi connectivity index (χ0n) is 42.1. The largest absolute Gasteiger partial charge is 0.324 e. The van der Waals surface area contributed by atoms with Gasteiger partial charge in [0.25, 0.3) is 0 Å². The molecule has 0 spiro atoms. The molecule has 0 saturated carbocycles. The predicted octanol–water partition coefficient (Wildman–Crippen LogP) is 16.8. The molecule has 0 amide bonds. The maximum Gasteiger partial charge on any atom is 0.150 e. The molecule has 8 rings (SSSR count). The number of nitrogens with one attached hydrogen (secondary N) is 1. The molecule has 8 aromatic rings. The smallest absolute Gasteiger partial charge is 0.150 e. The van der Waals surface area contributed by atoms with Gasteiger partial charge in [-0.2, -0.15) is 0 Å². The van der Waals surface area contributed by atoms with Crippen molar-refractivity contribution in [3.8, 4) is 0 Å². The van der Waals surface area contributed by atoms with Crippen molar-refractivity contribution in [1.29, 1.82) is 0 Å². The highest BCUT2D eigenvalue weighted by Gasteiger charge is 2.25. The van der Waals surface area contributed by atoms with Crippen molar-refractivity contribution in [2.75, 3.05) is 0 Å². The summed E-state index contributed by atoms with van der Waals surface area (Å²) in [6.07, 6.45) is 6.12. The Morgan fingerprint density at radius 3 is 1.40 bits per heavy atom. The quantitative estimate of drug-likeness (QED) is 0.0794. The van der Waals surface area contributed by atoms with Crippen LogP contribution in [0.5, 0.6) is 0 Å². The van der Waals surface area contributed by atoms with E-state index in [4.69, 9.17) is 5.73 Å². The van der Waals surface area contributed by atoms with Gasteiger partial charge in [-0.1, -0.05) is 196 Å². The Labute approximate surface area is 425 Å². The van der Waals surface area contributed by atoms with Crippen LogP contribution < -0.4 is 11.1 Å². The molecule has 72 heavy (non-hydrogen) atoms. The molecule has 0 heterocycles. The molecule has 0 aliphatic rings. The van der Waals surface area contributed by atoms with Gasteiger partial charge in [0.05, 0.1) is 0 Å². The molecular formula is C64H69F4N3O. The number of nitrogens with zero attached hydrogens (tertiary/aromatic N) is 1. The molecule has 2 unspecified atom stereocenters. The maximum absolute atomic E-state index is 13.9. The number of aldehydes is 1. The number of rotatable bonds is 15. The number of benzene rings is 8. The number of carbonyl (C=O) groups excluding carboxylic acids is 1. The summed E-state index contributed by atoms with van der Waals surface area (Å²) in [4.78, 5) is 12.5. The monoisotopic (exact) mass is 972 g/mol. The highest BCUT2D eigenvalue weighted by atomic mass is 19.1. The molecule has 8 aromatic carbocycles. The molecular weight excluding hydrogens is 903 g/mol. The molecule has 0 aliphatic heterocycles. The normalized spacial score (nSPS) is 12.2. The lowest BCUT2D eigenvalue weighted by molar-refractivity contribution is 0.112. The highest BCUT2D eigenvalue weighted by molar-refractivity contribution is 5.74. The number of allylic oxidation sites excluding steroid dienone is 1. The minimum absolute atomic E-state index is 0.0364. The van der Waals surface area contributed by atoms with Crippen LogP contribution >= 0.6 is 0 Å². The van der Waals surface area contributed by atoms with Crippen LogP contribution in [0.2, 0.25) is 0 Å². The molecule has 0 aromatic heterocycles. The summed E-state index contributed by atoms with van der Waals surface area (Å²) in [5, 5.41) is 3.52. The van der Waals surface area contributed by atoms with Crippen molar-refractivity contribution in [3.05, 3.63) is 292 Å². The van der Waals surface area contributed by atoms with Crippen molar-refractivity contribution in [2.45, 2.75) is 84.7 Å². The molecule has 8 heteroatoms. The third kappa shape index (κ3) is 21.0. The summed E-state index contributed by atoms with van der Waals surface area (Å²) in [6, 6.07) is 68.3. The first-order chi connectivity index (χ1) is 34.9. The standard InChI is InChI=1S/C24H26FN.C15H17N.C9H12FN.C9H9F.C7H5FO/c1-3-24(22-15-10-16-23(25)17-22)26(18-20-11-6-4-7-12-20)19(2)21-13-8-5-9-14-21;1-13(15-10-6-3-7-11-15)16-12-14-8-4-2-5-9-14;1-2-9(11)7-4-3-5-8(10)6-7;1-2-4-8-5-3-6-9(10)7-8;8-7-3-1-2-6(4-7)5-9/h4-17,19,24H,3,18H2,1-2H3;2-11,13,16H,12H2,1H3;3-6,9H,2,11H2,1H3;2-7H,1H3;1-5H/b;;;4-2+;/t19?,24-;;9-;;/m0.0../s1. The molecule has 0 bridgehead atoms. The maximum atomic E-state index is 13.9. The van der Waals surface area contributed by atoms with Crippen LogP contribution in [-0.4, -0.2) is 11.2 Å². The average molecular weight is 972 g/mol. The molecule has 4 atom stereocenters. The second-order valence-corrected chi connectivity index (χ2v) is 17.0. The average Bonchev–Trinajstić information content (AvgIpc) is 3.41. The first-order valence-corrected chi connectivity index (χ1v) is 24.5. The van der Waals surface area contributed by atoms with Crippen molar-refractivity contribution < 1.29 is 22.4 Å². The molecule has 0 aliphatic carbocycles.